The highest BCUT2D eigenvalue weighted by Gasteiger charge is 2.12. The van der Waals surface area contributed by atoms with Gasteiger partial charge in [0.2, 0.25) is 0 Å². The molecule has 0 amide bonds. The Kier molecular flexibility index (Phi) is 5.51. The first-order chi connectivity index (χ1) is 10.0. The summed E-state index contributed by atoms with van der Waals surface area (Å²) >= 11 is 12.6. The largest absolute Gasteiger partial charge is 0.495 e. The minimum absolute atomic E-state index is 0.424. The Balaban J connectivity index is 2.44. The molecule has 0 saturated heterocycles. The van der Waals surface area contributed by atoms with Crippen LogP contribution in [-0.2, 0) is 6.54 Å². The normalized spacial score (nSPS) is 11.0. The van der Waals surface area contributed by atoms with Crippen LogP contribution in [0.4, 0.5) is 0 Å². The molecular formula is C17H19Cl2NO. The van der Waals surface area contributed by atoms with Crippen LogP contribution in [0.3, 0.4) is 0 Å². The molecule has 4 heteroatoms. The fourth-order valence-corrected chi connectivity index (χ4v) is 2.64. The first kappa shape index (κ1) is 16.2. The number of ether oxygens (including phenoxy) is 1. The van der Waals surface area contributed by atoms with E-state index in [1.54, 1.807) is 13.2 Å². The molecule has 2 nitrogen and oxygen atoms in total. The van der Waals surface area contributed by atoms with Gasteiger partial charge in [-0.25, -0.2) is 0 Å². The van der Waals surface area contributed by atoms with Gasteiger partial charge >= 0.3 is 0 Å². The summed E-state index contributed by atoms with van der Waals surface area (Å²) in [6, 6.07) is 12.2. The van der Waals surface area contributed by atoms with Crippen molar-refractivity contribution in [3.63, 3.8) is 0 Å². The van der Waals surface area contributed by atoms with E-state index in [1.165, 1.54) is 5.56 Å². The Morgan fingerprint density at radius 1 is 1.05 bits per heavy atom. The first-order valence-corrected chi connectivity index (χ1v) is 7.63. The molecule has 0 aliphatic carbocycles. The maximum absolute atomic E-state index is 6.39. The van der Waals surface area contributed by atoms with Gasteiger partial charge in [-0.2, -0.15) is 0 Å². The zero-order valence-electron chi connectivity index (χ0n) is 12.4. The second-order valence-corrected chi connectivity index (χ2v) is 5.97. The van der Waals surface area contributed by atoms with Crippen molar-refractivity contribution in [3.8, 4) is 16.9 Å². The van der Waals surface area contributed by atoms with Crippen LogP contribution in [0.15, 0.2) is 36.4 Å². The summed E-state index contributed by atoms with van der Waals surface area (Å²) in [5.74, 6) is 0.586. The Bertz CT molecular complexity index is 626. The number of methoxy groups -OCH3 is 1. The summed E-state index contributed by atoms with van der Waals surface area (Å²) in [4.78, 5) is 0. The second-order valence-electron chi connectivity index (χ2n) is 5.16. The number of hydrogen-bond donors (Lipinski definition) is 1. The van der Waals surface area contributed by atoms with Gasteiger partial charge in [0, 0.05) is 24.2 Å². The third kappa shape index (κ3) is 3.91. The molecule has 0 atom stereocenters. The Morgan fingerprint density at radius 2 is 1.76 bits per heavy atom. The highest BCUT2D eigenvalue weighted by atomic mass is 35.5. The summed E-state index contributed by atoms with van der Waals surface area (Å²) in [7, 11) is 1.58. The molecule has 0 heterocycles. The average molecular weight is 324 g/mol. The molecule has 0 aliphatic rings. The molecule has 21 heavy (non-hydrogen) atoms. The Labute approximate surface area is 136 Å². The van der Waals surface area contributed by atoms with Crippen LogP contribution in [0.1, 0.15) is 19.4 Å². The zero-order valence-corrected chi connectivity index (χ0v) is 13.9. The molecule has 0 spiro atoms. The standard InChI is InChI=1S/C17H19Cl2NO/c1-11(2)20-10-12-6-4-5-7-13(12)14-8-16(19)17(21-3)9-15(14)18/h4-9,11,20H,10H2,1-3H3. The van der Waals surface area contributed by atoms with Gasteiger partial charge in [-0.05, 0) is 17.2 Å². The number of benzene rings is 2. The van der Waals surface area contributed by atoms with Crippen molar-refractivity contribution < 1.29 is 4.74 Å². The molecule has 2 aromatic carbocycles. The molecule has 0 aliphatic heterocycles. The summed E-state index contributed by atoms with van der Waals surface area (Å²) in [6.07, 6.45) is 0. The number of hydrogen-bond acceptors (Lipinski definition) is 2. The number of rotatable bonds is 5. The summed E-state index contributed by atoms with van der Waals surface area (Å²) in [6.45, 7) is 5.04. The number of halogens is 2. The highest BCUT2D eigenvalue weighted by molar-refractivity contribution is 6.36. The fourth-order valence-electron chi connectivity index (χ4n) is 2.14. The van der Waals surface area contributed by atoms with Gasteiger partial charge in [-0.15, -0.1) is 0 Å². The third-order valence-electron chi connectivity index (χ3n) is 3.25. The van der Waals surface area contributed by atoms with Gasteiger partial charge in [0.05, 0.1) is 17.2 Å². The van der Waals surface area contributed by atoms with Crippen molar-refractivity contribution in [1.29, 1.82) is 0 Å². The SMILES string of the molecule is COc1cc(Cl)c(-c2ccccc2CNC(C)C)cc1Cl. The van der Waals surface area contributed by atoms with Gasteiger partial charge in [-0.3, -0.25) is 0 Å². The van der Waals surface area contributed by atoms with Crippen LogP contribution in [0, 0.1) is 0 Å². The van der Waals surface area contributed by atoms with E-state index in [0.717, 1.165) is 17.7 Å². The number of nitrogens with one attached hydrogen (secondary N) is 1. The van der Waals surface area contributed by atoms with Gasteiger partial charge < -0.3 is 10.1 Å². The quantitative estimate of drug-likeness (QED) is 0.819. The van der Waals surface area contributed by atoms with Crippen LogP contribution in [-0.4, -0.2) is 13.2 Å². The molecule has 2 aromatic rings. The lowest BCUT2D eigenvalue weighted by atomic mass is 9.99. The predicted octanol–water partition coefficient (Wildman–Crippen LogP) is 5.17. The maximum Gasteiger partial charge on any atom is 0.138 e. The van der Waals surface area contributed by atoms with E-state index in [1.807, 2.05) is 18.2 Å². The fraction of sp³-hybridized carbons (Fsp3) is 0.294. The molecule has 0 fully saturated rings. The molecular weight excluding hydrogens is 305 g/mol. The van der Waals surface area contributed by atoms with Crippen LogP contribution >= 0.6 is 23.2 Å². The smallest absolute Gasteiger partial charge is 0.138 e. The monoisotopic (exact) mass is 323 g/mol. The van der Waals surface area contributed by atoms with Crippen LogP contribution in [0.5, 0.6) is 5.75 Å². The van der Waals surface area contributed by atoms with E-state index in [2.05, 4.69) is 31.3 Å². The topological polar surface area (TPSA) is 21.3 Å². The van der Waals surface area contributed by atoms with Gasteiger partial charge in [0.25, 0.3) is 0 Å². The van der Waals surface area contributed by atoms with Crippen LogP contribution in [0.2, 0.25) is 10.0 Å². The molecule has 1 N–H and O–H groups in total. The van der Waals surface area contributed by atoms with Crippen molar-refractivity contribution in [3.05, 3.63) is 52.0 Å². The molecule has 112 valence electrons. The average Bonchev–Trinajstić information content (AvgIpc) is 2.47. The van der Waals surface area contributed by atoms with Crippen LogP contribution in [0.25, 0.3) is 11.1 Å². The van der Waals surface area contributed by atoms with Crippen molar-refractivity contribution in [2.45, 2.75) is 26.4 Å². The second kappa shape index (κ2) is 7.17. The van der Waals surface area contributed by atoms with Gasteiger partial charge in [-0.1, -0.05) is 61.3 Å². The maximum atomic E-state index is 6.39. The third-order valence-corrected chi connectivity index (χ3v) is 3.86. The molecule has 0 saturated carbocycles. The van der Waals surface area contributed by atoms with Gasteiger partial charge in [0.15, 0.2) is 0 Å². The van der Waals surface area contributed by atoms with E-state index >= 15 is 0 Å². The van der Waals surface area contributed by atoms with E-state index in [4.69, 9.17) is 27.9 Å². The molecule has 2 rings (SSSR count). The van der Waals surface area contributed by atoms with E-state index in [9.17, 15) is 0 Å². The summed E-state index contributed by atoms with van der Waals surface area (Å²) < 4.78 is 5.20. The molecule has 0 unspecified atom stereocenters. The Morgan fingerprint density at radius 3 is 2.43 bits per heavy atom. The molecule has 0 bridgehead atoms. The lowest BCUT2D eigenvalue weighted by Gasteiger charge is -2.15. The minimum atomic E-state index is 0.424. The Hall–Kier alpha value is -1.22. The van der Waals surface area contributed by atoms with Crippen molar-refractivity contribution in [1.82, 2.24) is 5.32 Å². The summed E-state index contributed by atoms with van der Waals surface area (Å²) in [5, 5.41) is 4.62. The molecule has 0 aromatic heterocycles. The van der Waals surface area contributed by atoms with Crippen molar-refractivity contribution in [2.24, 2.45) is 0 Å². The van der Waals surface area contributed by atoms with Gasteiger partial charge in [0.1, 0.15) is 5.75 Å². The van der Waals surface area contributed by atoms with Crippen molar-refractivity contribution >= 4 is 23.2 Å². The lowest BCUT2D eigenvalue weighted by Crippen LogP contribution is -2.22. The van der Waals surface area contributed by atoms with Crippen LogP contribution < -0.4 is 10.1 Å². The predicted molar refractivity (Wildman–Crippen MR) is 90.4 cm³/mol. The van der Waals surface area contributed by atoms with Crippen molar-refractivity contribution in [2.75, 3.05) is 7.11 Å². The van der Waals surface area contributed by atoms with E-state index in [-0.39, 0.29) is 0 Å². The zero-order chi connectivity index (χ0) is 15.4. The van der Waals surface area contributed by atoms with E-state index < -0.39 is 0 Å². The highest BCUT2D eigenvalue weighted by Crippen LogP contribution is 2.37. The molecule has 0 radical (unpaired) electrons. The first-order valence-electron chi connectivity index (χ1n) is 6.87. The summed E-state index contributed by atoms with van der Waals surface area (Å²) in [5.41, 5.74) is 3.19. The minimum Gasteiger partial charge on any atom is -0.495 e. The van der Waals surface area contributed by atoms with E-state index in [0.29, 0.717) is 21.8 Å². The lowest BCUT2D eigenvalue weighted by molar-refractivity contribution is 0.415.